The van der Waals surface area contributed by atoms with Crippen LogP contribution in [0.4, 0.5) is 0 Å². The van der Waals surface area contributed by atoms with Crippen molar-refractivity contribution in [2.24, 2.45) is 23.7 Å². The summed E-state index contributed by atoms with van der Waals surface area (Å²) in [6, 6.07) is 17.4. The summed E-state index contributed by atoms with van der Waals surface area (Å²) < 4.78 is 10.4. The van der Waals surface area contributed by atoms with Gasteiger partial charge in [0.15, 0.2) is 0 Å². The Labute approximate surface area is 172 Å². The summed E-state index contributed by atoms with van der Waals surface area (Å²) >= 11 is 0. The Morgan fingerprint density at radius 3 is 1.23 bits per heavy atom. The highest BCUT2D eigenvalue weighted by atomic mass is 16.5. The van der Waals surface area contributed by atoms with Gasteiger partial charge in [0.25, 0.3) is 0 Å². The van der Waals surface area contributed by atoms with E-state index in [-0.39, 0.29) is 13.2 Å². The fourth-order valence-corrected chi connectivity index (χ4v) is 3.60. The number of esters is 2. The van der Waals surface area contributed by atoms with Crippen molar-refractivity contribution in [3.05, 3.63) is 71.8 Å². The van der Waals surface area contributed by atoms with E-state index in [1.165, 1.54) is 0 Å². The predicted octanol–water partition coefficient (Wildman–Crippen LogP) is 2.12. The van der Waals surface area contributed by atoms with Crippen molar-refractivity contribution in [1.29, 1.82) is 0 Å². The lowest BCUT2D eigenvalue weighted by molar-refractivity contribution is -0.197. The number of hydrogen-bond donors (Lipinski definition) is 2. The number of rotatable bonds is 8. The summed E-state index contributed by atoms with van der Waals surface area (Å²) in [5.74, 6) is -10.8. The molecule has 1 saturated carbocycles. The fourth-order valence-electron chi connectivity index (χ4n) is 3.60. The van der Waals surface area contributed by atoms with Crippen LogP contribution in [0.2, 0.25) is 0 Å². The largest absolute Gasteiger partial charge is 0.481 e. The number of hydrogen-bond acceptors (Lipinski definition) is 6. The Morgan fingerprint density at radius 2 is 0.933 bits per heavy atom. The molecule has 0 aromatic heterocycles. The molecule has 156 valence electrons. The zero-order valence-electron chi connectivity index (χ0n) is 15.8. The number of aliphatic carboxylic acids is 2. The third-order valence-electron chi connectivity index (χ3n) is 5.11. The van der Waals surface area contributed by atoms with Crippen molar-refractivity contribution in [2.45, 2.75) is 13.2 Å². The third-order valence-corrected chi connectivity index (χ3v) is 5.11. The lowest BCUT2D eigenvalue weighted by Crippen LogP contribution is -2.60. The molecule has 0 aliphatic heterocycles. The summed E-state index contributed by atoms with van der Waals surface area (Å²) in [5, 5.41) is 18.9. The lowest BCUT2D eigenvalue weighted by Gasteiger charge is -2.43. The van der Waals surface area contributed by atoms with Crippen molar-refractivity contribution in [3.63, 3.8) is 0 Å². The molecule has 8 heteroatoms. The molecule has 1 fully saturated rings. The van der Waals surface area contributed by atoms with Crippen LogP contribution in [-0.4, -0.2) is 34.1 Å². The second-order valence-electron chi connectivity index (χ2n) is 6.97. The molecule has 0 saturated heterocycles. The molecule has 2 aromatic rings. The van der Waals surface area contributed by atoms with Crippen LogP contribution in [0, 0.1) is 23.7 Å². The molecule has 2 aromatic carbocycles. The maximum absolute atomic E-state index is 12.6. The Kier molecular flexibility index (Phi) is 6.46. The van der Waals surface area contributed by atoms with Gasteiger partial charge in [-0.15, -0.1) is 0 Å². The molecule has 2 N–H and O–H groups in total. The van der Waals surface area contributed by atoms with Crippen molar-refractivity contribution < 1.29 is 38.9 Å². The van der Waals surface area contributed by atoms with Gasteiger partial charge in [0.05, 0.1) is 23.7 Å². The Bertz CT molecular complexity index is 847. The first kappa shape index (κ1) is 21.0. The van der Waals surface area contributed by atoms with Gasteiger partial charge in [-0.25, -0.2) is 0 Å². The Balaban J connectivity index is 1.74. The average molecular weight is 412 g/mol. The van der Waals surface area contributed by atoms with Crippen LogP contribution in [0.3, 0.4) is 0 Å². The van der Waals surface area contributed by atoms with Gasteiger partial charge in [-0.05, 0) is 11.1 Å². The van der Waals surface area contributed by atoms with E-state index in [1.807, 2.05) is 0 Å². The van der Waals surface area contributed by atoms with Gasteiger partial charge in [-0.1, -0.05) is 60.7 Å². The molecule has 30 heavy (non-hydrogen) atoms. The first-order chi connectivity index (χ1) is 14.4. The normalized spacial score (nSPS) is 22.4. The third kappa shape index (κ3) is 4.48. The monoisotopic (exact) mass is 412 g/mol. The molecule has 8 nitrogen and oxygen atoms in total. The summed E-state index contributed by atoms with van der Waals surface area (Å²) in [6.45, 7) is -0.238. The molecule has 3 rings (SSSR count). The van der Waals surface area contributed by atoms with Crippen LogP contribution in [0.5, 0.6) is 0 Å². The molecule has 4 atom stereocenters. The Morgan fingerprint density at radius 1 is 0.600 bits per heavy atom. The average Bonchev–Trinajstić information content (AvgIpc) is 2.71. The first-order valence-corrected chi connectivity index (χ1v) is 9.27. The van der Waals surface area contributed by atoms with E-state index in [0.29, 0.717) is 11.1 Å². The molecule has 0 bridgehead atoms. The molecular formula is C22H20O8. The van der Waals surface area contributed by atoms with E-state index in [4.69, 9.17) is 9.47 Å². The molecule has 0 spiro atoms. The minimum Gasteiger partial charge on any atom is -0.481 e. The van der Waals surface area contributed by atoms with Crippen LogP contribution < -0.4 is 0 Å². The van der Waals surface area contributed by atoms with Gasteiger partial charge in [0, 0.05) is 0 Å². The zero-order valence-corrected chi connectivity index (χ0v) is 15.8. The van der Waals surface area contributed by atoms with E-state index in [0.717, 1.165) is 0 Å². The lowest BCUT2D eigenvalue weighted by atomic mass is 9.56. The standard InChI is InChI=1S/C22H20O8/c23-19(24)15-16(20(25)26)18(22(28)30-12-14-9-5-2-6-10-14)17(15)21(27)29-11-13-7-3-1-4-8-13/h1-10,15-18H,11-12H2,(H,23,24)(H,25,26)/t15-,16+,17-,18?/m1/s1. The van der Waals surface area contributed by atoms with Crippen molar-refractivity contribution in [1.82, 2.24) is 0 Å². The highest BCUT2D eigenvalue weighted by Crippen LogP contribution is 2.48. The minimum atomic E-state index is -1.57. The minimum absolute atomic E-state index is 0.119. The molecule has 1 unspecified atom stereocenters. The summed E-state index contributed by atoms with van der Waals surface area (Å²) in [6.07, 6.45) is 0. The second kappa shape index (κ2) is 9.21. The number of ether oxygens (including phenoxy) is 2. The van der Waals surface area contributed by atoms with E-state index >= 15 is 0 Å². The van der Waals surface area contributed by atoms with Crippen molar-refractivity contribution in [3.8, 4) is 0 Å². The summed E-state index contributed by atoms with van der Waals surface area (Å²) in [7, 11) is 0. The predicted molar refractivity (Wildman–Crippen MR) is 102 cm³/mol. The van der Waals surface area contributed by atoms with Crippen LogP contribution in [-0.2, 0) is 41.9 Å². The Hall–Kier alpha value is -3.68. The van der Waals surface area contributed by atoms with E-state index < -0.39 is 47.5 Å². The highest BCUT2D eigenvalue weighted by molar-refractivity contribution is 5.96. The summed E-state index contributed by atoms with van der Waals surface area (Å²) in [5.41, 5.74) is 1.35. The number of carbonyl (C=O) groups excluding carboxylic acids is 2. The van der Waals surface area contributed by atoms with E-state index in [2.05, 4.69) is 0 Å². The fraction of sp³-hybridized carbons (Fsp3) is 0.273. The van der Waals surface area contributed by atoms with Gasteiger partial charge in [-0.2, -0.15) is 0 Å². The highest BCUT2D eigenvalue weighted by Gasteiger charge is 2.65. The van der Waals surface area contributed by atoms with E-state index in [9.17, 15) is 29.4 Å². The van der Waals surface area contributed by atoms with Gasteiger partial charge in [0.2, 0.25) is 0 Å². The molecular weight excluding hydrogens is 392 g/mol. The smallest absolute Gasteiger partial charge is 0.311 e. The van der Waals surface area contributed by atoms with Crippen LogP contribution in [0.25, 0.3) is 0 Å². The van der Waals surface area contributed by atoms with Gasteiger partial charge < -0.3 is 19.7 Å². The van der Waals surface area contributed by atoms with Crippen LogP contribution >= 0.6 is 0 Å². The second-order valence-corrected chi connectivity index (χ2v) is 6.97. The van der Waals surface area contributed by atoms with E-state index in [1.54, 1.807) is 60.7 Å². The van der Waals surface area contributed by atoms with Crippen molar-refractivity contribution in [2.75, 3.05) is 0 Å². The molecule has 0 radical (unpaired) electrons. The molecule has 0 heterocycles. The maximum atomic E-state index is 12.6. The van der Waals surface area contributed by atoms with Gasteiger partial charge in [-0.3, -0.25) is 19.2 Å². The first-order valence-electron chi connectivity index (χ1n) is 9.27. The van der Waals surface area contributed by atoms with Crippen molar-refractivity contribution >= 4 is 23.9 Å². The van der Waals surface area contributed by atoms with Crippen LogP contribution in [0.1, 0.15) is 11.1 Å². The molecule has 1 aliphatic carbocycles. The summed E-state index contributed by atoms with van der Waals surface area (Å²) in [4.78, 5) is 48.4. The number of benzene rings is 2. The number of carboxylic acids is 2. The number of carboxylic acid groups (broad SMARTS) is 2. The number of carbonyl (C=O) groups is 4. The molecule has 1 aliphatic rings. The maximum Gasteiger partial charge on any atom is 0.311 e. The SMILES string of the molecule is O=C(OCc1ccccc1)C1[C@@H](C(=O)O)[C@@H](C(=O)O)[C@H]1C(=O)OCc1ccccc1. The van der Waals surface area contributed by atoms with Crippen LogP contribution in [0.15, 0.2) is 60.7 Å². The topological polar surface area (TPSA) is 127 Å². The van der Waals surface area contributed by atoms with Gasteiger partial charge >= 0.3 is 23.9 Å². The zero-order chi connectivity index (χ0) is 21.7. The molecule has 0 amide bonds. The quantitative estimate of drug-likeness (QED) is 0.631. The van der Waals surface area contributed by atoms with Gasteiger partial charge in [0.1, 0.15) is 13.2 Å².